The molecule has 1 aliphatic rings. The summed E-state index contributed by atoms with van der Waals surface area (Å²) in [5.41, 5.74) is 2.93. The van der Waals surface area contributed by atoms with Crippen molar-refractivity contribution < 1.29 is 9.63 Å². The van der Waals surface area contributed by atoms with Crippen molar-refractivity contribution in [3.05, 3.63) is 71.8 Å². The van der Waals surface area contributed by atoms with E-state index in [-0.39, 0.29) is 5.91 Å². The zero-order valence-electron chi connectivity index (χ0n) is 13.5. The standard InChI is InChI=1S/C18H14ClN5O2/c19-15-7-2-1-6-14(15)16-9-17(26-23-16)18(25)22-12-4-3-5-13(8-12)24-10-20-21-11-24/h1-8,10-11,17H,9H2,(H,22,25). The monoisotopic (exact) mass is 367 g/mol. The van der Waals surface area contributed by atoms with Crippen molar-refractivity contribution in [2.24, 2.45) is 5.16 Å². The molecule has 0 saturated heterocycles. The first kappa shape index (κ1) is 16.3. The van der Waals surface area contributed by atoms with Gasteiger partial charge in [0.15, 0.2) is 0 Å². The number of halogens is 1. The van der Waals surface area contributed by atoms with Crippen molar-refractivity contribution in [2.45, 2.75) is 12.5 Å². The van der Waals surface area contributed by atoms with Crippen LogP contribution in [0, 0.1) is 0 Å². The summed E-state index contributed by atoms with van der Waals surface area (Å²) in [5.74, 6) is -0.267. The fourth-order valence-corrected chi connectivity index (χ4v) is 2.92. The summed E-state index contributed by atoms with van der Waals surface area (Å²) >= 11 is 6.18. The van der Waals surface area contributed by atoms with Gasteiger partial charge >= 0.3 is 0 Å². The third-order valence-corrected chi connectivity index (χ3v) is 4.31. The summed E-state index contributed by atoms with van der Waals surface area (Å²) in [5, 5.41) is 15.0. The van der Waals surface area contributed by atoms with Crippen molar-refractivity contribution in [3.8, 4) is 5.69 Å². The first-order valence-electron chi connectivity index (χ1n) is 7.94. The van der Waals surface area contributed by atoms with E-state index in [1.165, 1.54) is 0 Å². The fraction of sp³-hybridized carbons (Fsp3) is 0.111. The van der Waals surface area contributed by atoms with Gasteiger partial charge in [-0.3, -0.25) is 9.36 Å². The van der Waals surface area contributed by atoms with Gasteiger partial charge in [0.05, 0.1) is 11.4 Å². The SMILES string of the molecule is O=C(Nc1cccc(-n2cnnc2)c1)C1CC(c2ccccc2Cl)=NO1. The van der Waals surface area contributed by atoms with E-state index in [9.17, 15) is 4.79 Å². The van der Waals surface area contributed by atoms with E-state index in [1.807, 2.05) is 36.4 Å². The van der Waals surface area contributed by atoms with E-state index in [0.717, 1.165) is 11.3 Å². The van der Waals surface area contributed by atoms with Crippen LogP contribution < -0.4 is 5.32 Å². The number of oxime groups is 1. The number of carbonyl (C=O) groups is 1. The molecule has 8 heteroatoms. The molecular weight excluding hydrogens is 354 g/mol. The van der Waals surface area contributed by atoms with Crippen LogP contribution in [-0.4, -0.2) is 32.5 Å². The molecule has 1 unspecified atom stereocenters. The van der Waals surface area contributed by atoms with Crippen LogP contribution in [-0.2, 0) is 9.63 Å². The number of nitrogens with zero attached hydrogens (tertiary/aromatic N) is 4. The summed E-state index contributed by atoms with van der Waals surface area (Å²) in [4.78, 5) is 17.8. The molecule has 2 heterocycles. The van der Waals surface area contributed by atoms with Crippen molar-refractivity contribution in [3.63, 3.8) is 0 Å². The normalized spacial score (nSPS) is 16.0. The van der Waals surface area contributed by atoms with Crippen molar-refractivity contribution in [1.29, 1.82) is 0 Å². The van der Waals surface area contributed by atoms with Crippen molar-refractivity contribution in [1.82, 2.24) is 14.8 Å². The highest BCUT2D eigenvalue weighted by Crippen LogP contribution is 2.24. The van der Waals surface area contributed by atoms with E-state index in [4.69, 9.17) is 16.4 Å². The molecule has 7 nitrogen and oxygen atoms in total. The van der Waals surface area contributed by atoms with Crippen LogP contribution in [0.1, 0.15) is 12.0 Å². The maximum absolute atomic E-state index is 12.5. The smallest absolute Gasteiger partial charge is 0.268 e. The summed E-state index contributed by atoms with van der Waals surface area (Å²) < 4.78 is 1.75. The number of amides is 1. The van der Waals surface area contributed by atoms with Gasteiger partial charge in [0, 0.05) is 22.7 Å². The number of hydrogen-bond acceptors (Lipinski definition) is 5. The highest BCUT2D eigenvalue weighted by molar-refractivity contribution is 6.34. The Balaban J connectivity index is 1.44. The molecule has 1 aliphatic heterocycles. The highest BCUT2D eigenvalue weighted by Gasteiger charge is 2.29. The molecule has 26 heavy (non-hydrogen) atoms. The van der Waals surface area contributed by atoms with Crippen LogP contribution in [0.2, 0.25) is 5.02 Å². The van der Waals surface area contributed by atoms with Crippen molar-refractivity contribution in [2.75, 3.05) is 5.32 Å². The van der Waals surface area contributed by atoms with Gasteiger partial charge < -0.3 is 10.2 Å². The minimum absolute atomic E-state index is 0.267. The third-order valence-electron chi connectivity index (χ3n) is 3.98. The second-order valence-electron chi connectivity index (χ2n) is 5.72. The zero-order chi connectivity index (χ0) is 17.9. The number of anilines is 1. The maximum atomic E-state index is 12.5. The van der Waals surface area contributed by atoms with E-state index in [2.05, 4.69) is 20.7 Å². The van der Waals surface area contributed by atoms with Crippen LogP contribution in [0.4, 0.5) is 5.69 Å². The molecule has 0 fully saturated rings. The first-order valence-corrected chi connectivity index (χ1v) is 8.32. The molecule has 1 N–H and O–H groups in total. The van der Waals surface area contributed by atoms with E-state index in [0.29, 0.717) is 22.8 Å². The molecular formula is C18H14ClN5O2. The molecule has 3 aromatic rings. The van der Waals surface area contributed by atoms with Crippen LogP contribution >= 0.6 is 11.6 Å². The molecule has 1 amide bonds. The molecule has 1 aromatic heterocycles. The molecule has 1 atom stereocenters. The molecule has 0 saturated carbocycles. The Kier molecular flexibility index (Phi) is 4.37. The minimum atomic E-state index is -0.695. The van der Waals surface area contributed by atoms with Gasteiger partial charge in [-0.1, -0.05) is 41.0 Å². The minimum Gasteiger partial charge on any atom is -0.382 e. The Morgan fingerprint density at radius 2 is 1.96 bits per heavy atom. The van der Waals surface area contributed by atoms with Crippen LogP contribution in [0.25, 0.3) is 5.69 Å². The fourth-order valence-electron chi connectivity index (χ4n) is 2.67. The number of benzene rings is 2. The largest absolute Gasteiger partial charge is 0.382 e. The highest BCUT2D eigenvalue weighted by atomic mass is 35.5. The van der Waals surface area contributed by atoms with Gasteiger partial charge in [0.2, 0.25) is 6.10 Å². The zero-order valence-corrected chi connectivity index (χ0v) is 14.3. The lowest BCUT2D eigenvalue weighted by atomic mass is 10.0. The summed E-state index contributed by atoms with van der Waals surface area (Å²) in [6, 6.07) is 14.7. The Morgan fingerprint density at radius 1 is 1.15 bits per heavy atom. The Hall–Kier alpha value is -3.19. The van der Waals surface area contributed by atoms with Crippen molar-refractivity contribution >= 4 is 28.9 Å². The van der Waals surface area contributed by atoms with Gasteiger partial charge in [0.25, 0.3) is 5.91 Å². The molecule has 0 aliphatic carbocycles. The molecule has 0 spiro atoms. The topological polar surface area (TPSA) is 81.4 Å². The lowest BCUT2D eigenvalue weighted by Crippen LogP contribution is -2.28. The third kappa shape index (κ3) is 3.29. The molecule has 2 aromatic carbocycles. The lowest BCUT2D eigenvalue weighted by molar-refractivity contribution is -0.125. The molecule has 130 valence electrons. The molecule has 4 rings (SSSR count). The maximum Gasteiger partial charge on any atom is 0.268 e. The Labute approximate surface area is 154 Å². The van der Waals surface area contributed by atoms with Gasteiger partial charge in [-0.2, -0.15) is 0 Å². The Bertz CT molecular complexity index is 971. The second-order valence-corrected chi connectivity index (χ2v) is 6.13. The van der Waals surface area contributed by atoms with E-state index < -0.39 is 6.10 Å². The lowest BCUT2D eigenvalue weighted by Gasteiger charge is -2.11. The van der Waals surface area contributed by atoms with Crippen LogP contribution in [0.5, 0.6) is 0 Å². The number of hydrogen-bond donors (Lipinski definition) is 1. The van der Waals surface area contributed by atoms with Gasteiger partial charge in [0.1, 0.15) is 12.7 Å². The number of aromatic nitrogens is 3. The number of carbonyl (C=O) groups excluding carboxylic acids is 1. The molecule has 0 bridgehead atoms. The van der Waals surface area contributed by atoms with E-state index in [1.54, 1.807) is 29.4 Å². The van der Waals surface area contributed by atoms with Crippen LogP contribution in [0.15, 0.2) is 66.3 Å². The predicted octanol–water partition coefficient (Wildman–Crippen LogP) is 3.05. The average molecular weight is 368 g/mol. The number of nitrogens with one attached hydrogen (secondary N) is 1. The summed E-state index contributed by atoms with van der Waals surface area (Å²) in [6.45, 7) is 0. The number of rotatable bonds is 4. The summed E-state index contributed by atoms with van der Waals surface area (Å²) in [7, 11) is 0. The second kappa shape index (κ2) is 6.97. The Morgan fingerprint density at radius 3 is 2.77 bits per heavy atom. The summed E-state index contributed by atoms with van der Waals surface area (Å²) in [6.07, 6.45) is 2.84. The van der Waals surface area contributed by atoms with Gasteiger partial charge in [-0.15, -0.1) is 10.2 Å². The predicted molar refractivity (Wildman–Crippen MR) is 97.5 cm³/mol. The van der Waals surface area contributed by atoms with E-state index >= 15 is 0 Å². The molecule has 0 radical (unpaired) electrons. The first-order chi connectivity index (χ1) is 12.7. The van der Waals surface area contributed by atoms with Gasteiger partial charge in [-0.25, -0.2) is 0 Å². The quantitative estimate of drug-likeness (QED) is 0.768. The van der Waals surface area contributed by atoms with Crippen LogP contribution in [0.3, 0.4) is 0 Å². The van der Waals surface area contributed by atoms with Gasteiger partial charge in [-0.05, 0) is 24.3 Å². The average Bonchev–Trinajstić information content (AvgIpc) is 3.35.